The Morgan fingerprint density at radius 2 is 1.67 bits per heavy atom. The Morgan fingerprint density at radius 3 is 2.00 bits per heavy atom. The average molecular weight is 256 g/mol. The van der Waals surface area contributed by atoms with Crippen LogP contribution in [0, 0.1) is 12.3 Å². The first-order valence-electron chi connectivity index (χ1n) is 5.54. The summed E-state index contributed by atoms with van der Waals surface area (Å²) in [6, 6.07) is 6.14. The zero-order valence-corrected chi connectivity index (χ0v) is 10.3. The van der Waals surface area contributed by atoms with E-state index in [1.807, 2.05) is 0 Å². The Labute approximate surface area is 105 Å². The van der Waals surface area contributed by atoms with Crippen molar-refractivity contribution in [2.75, 3.05) is 0 Å². The third-order valence-corrected chi connectivity index (χ3v) is 2.78. The first-order chi connectivity index (χ1) is 8.30. The highest BCUT2D eigenvalue weighted by molar-refractivity contribution is 5.35. The normalized spacial score (nSPS) is 16.0. The van der Waals surface area contributed by atoms with Crippen LogP contribution >= 0.6 is 0 Å². The molecule has 0 aromatic heterocycles. The fraction of sp³-hybridized carbons (Fsp3) is 0.429. The minimum atomic E-state index is -4.61. The van der Waals surface area contributed by atoms with Crippen molar-refractivity contribution in [1.29, 1.82) is 0 Å². The number of ether oxygens (including phenoxy) is 1. The number of alkyl halides is 3. The van der Waals surface area contributed by atoms with Crippen LogP contribution in [-0.4, -0.2) is 6.36 Å². The molecule has 98 valence electrons. The average Bonchev–Trinajstić information content (AvgIpc) is 2.97. The molecule has 0 atom stereocenters. The second-order valence-corrected chi connectivity index (χ2v) is 4.42. The lowest BCUT2D eigenvalue weighted by Crippen LogP contribution is -2.17. The van der Waals surface area contributed by atoms with Gasteiger partial charge in [0.15, 0.2) is 0 Å². The lowest BCUT2D eigenvalue weighted by Gasteiger charge is -2.11. The number of hydrogen-bond acceptors (Lipinski definition) is 1. The maximum absolute atomic E-state index is 11.9. The predicted molar refractivity (Wildman–Crippen MR) is 64.2 cm³/mol. The van der Waals surface area contributed by atoms with E-state index in [2.05, 4.69) is 24.0 Å². The first kappa shape index (κ1) is 14.4. The van der Waals surface area contributed by atoms with E-state index in [0.717, 1.165) is 18.4 Å². The third kappa shape index (κ3) is 4.33. The maximum Gasteiger partial charge on any atom is 0.573 e. The maximum atomic E-state index is 11.9. The zero-order chi connectivity index (χ0) is 13.8. The van der Waals surface area contributed by atoms with Gasteiger partial charge in [-0.05, 0) is 42.9 Å². The number of hydrogen-bond donors (Lipinski definition) is 0. The molecule has 0 saturated heterocycles. The highest BCUT2D eigenvalue weighted by Crippen LogP contribution is 2.47. The molecule has 1 saturated carbocycles. The molecule has 1 fully saturated rings. The van der Waals surface area contributed by atoms with Gasteiger partial charge in [-0.3, -0.25) is 0 Å². The van der Waals surface area contributed by atoms with Crippen LogP contribution in [0.25, 0.3) is 0 Å². The molecular weight excluding hydrogens is 241 g/mol. The zero-order valence-electron chi connectivity index (χ0n) is 10.3. The van der Waals surface area contributed by atoms with Gasteiger partial charge >= 0.3 is 6.36 Å². The Bertz CT molecular complexity index is 422. The fourth-order valence-corrected chi connectivity index (χ4v) is 1.54. The smallest absolute Gasteiger partial charge is 0.406 e. The summed E-state index contributed by atoms with van der Waals surface area (Å²) >= 11 is 0. The lowest BCUT2D eigenvalue weighted by atomic mass is 9.99. The molecule has 0 unspecified atom stereocenters. The van der Waals surface area contributed by atoms with Crippen LogP contribution in [0.3, 0.4) is 0 Å². The largest absolute Gasteiger partial charge is 0.573 e. The summed E-state index contributed by atoms with van der Waals surface area (Å²) in [5.74, 6) is 2.09. The number of halogens is 3. The van der Waals surface area contributed by atoms with Gasteiger partial charge in [0.1, 0.15) is 5.75 Å². The van der Waals surface area contributed by atoms with Crippen molar-refractivity contribution < 1.29 is 17.9 Å². The van der Waals surface area contributed by atoms with Crippen molar-refractivity contribution in [3.8, 4) is 18.1 Å². The standard InChI is InChI=1S/C11H11F3O.C3H4/c1-10(6-7-10)8-2-4-9(5-3-8)15-11(12,13)14;1-3-2/h2-5H,6-7H2,1H3;1H,2H3. The van der Waals surface area contributed by atoms with Crippen molar-refractivity contribution >= 4 is 0 Å². The summed E-state index contributed by atoms with van der Waals surface area (Å²) in [5, 5.41) is 0. The van der Waals surface area contributed by atoms with Crippen molar-refractivity contribution in [2.45, 2.75) is 38.5 Å². The summed E-state index contributed by atoms with van der Waals surface area (Å²) in [7, 11) is 0. The van der Waals surface area contributed by atoms with Crippen LogP contribution < -0.4 is 4.74 Å². The van der Waals surface area contributed by atoms with E-state index >= 15 is 0 Å². The van der Waals surface area contributed by atoms with E-state index in [0.29, 0.717) is 0 Å². The SMILES string of the molecule is C#CC.CC1(c2ccc(OC(F)(F)F)cc2)CC1. The molecule has 0 bridgehead atoms. The van der Waals surface area contributed by atoms with Gasteiger partial charge in [0.2, 0.25) is 0 Å². The molecule has 1 aliphatic rings. The van der Waals surface area contributed by atoms with Crippen molar-refractivity contribution in [2.24, 2.45) is 0 Å². The molecule has 0 radical (unpaired) electrons. The molecule has 0 aliphatic heterocycles. The van der Waals surface area contributed by atoms with E-state index < -0.39 is 6.36 Å². The topological polar surface area (TPSA) is 9.23 Å². The molecular formula is C14H15F3O. The molecule has 4 heteroatoms. The Hall–Kier alpha value is -1.63. The quantitative estimate of drug-likeness (QED) is 0.718. The van der Waals surface area contributed by atoms with E-state index in [-0.39, 0.29) is 11.2 Å². The van der Waals surface area contributed by atoms with Gasteiger partial charge in [0, 0.05) is 0 Å². The monoisotopic (exact) mass is 256 g/mol. The van der Waals surface area contributed by atoms with Gasteiger partial charge in [-0.15, -0.1) is 25.5 Å². The van der Waals surface area contributed by atoms with Crippen LogP contribution in [0.4, 0.5) is 13.2 Å². The molecule has 1 aromatic rings. The van der Waals surface area contributed by atoms with E-state index in [4.69, 9.17) is 0 Å². The molecule has 1 aromatic carbocycles. The second-order valence-electron chi connectivity index (χ2n) is 4.42. The van der Waals surface area contributed by atoms with Crippen LogP contribution in [-0.2, 0) is 5.41 Å². The van der Waals surface area contributed by atoms with Crippen LogP contribution in [0.15, 0.2) is 24.3 Å². The lowest BCUT2D eigenvalue weighted by molar-refractivity contribution is -0.274. The summed E-state index contributed by atoms with van der Waals surface area (Å²) in [5.41, 5.74) is 1.26. The molecule has 0 amide bonds. The van der Waals surface area contributed by atoms with Crippen LogP contribution in [0.2, 0.25) is 0 Å². The van der Waals surface area contributed by atoms with Gasteiger partial charge in [0.05, 0.1) is 0 Å². The Balaban J connectivity index is 0.000000492. The van der Waals surface area contributed by atoms with Gasteiger partial charge in [-0.25, -0.2) is 0 Å². The van der Waals surface area contributed by atoms with Crippen molar-refractivity contribution in [3.05, 3.63) is 29.8 Å². The minimum absolute atomic E-state index is 0.157. The van der Waals surface area contributed by atoms with E-state index in [1.165, 1.54) is 12.1 Å². The minimum Gasteiger partial charge on any atom is -0.406 e. The first-order valence-corrected chi connectivity index (χ1v) is 5.54. The van der Waals surface area contributed by atoms with E-state index in [1.54, 1.807) is 19.1 Å². The molecule has 1 aliphatic carbocycles. The molecule has 0 spiro atoms. The van der Waals surface area contributed by atoms with Crippen LogP contribution in [0.1, 0.15) is 32.3 Å². The highest BCUT2D eigenvalue weighted by Gasteiger charge is 2.39. The Morgan fingerprint density at radius 1 is 1.22 bits per heavy atom. The van der Waals surface area contributed by atoms with Gasteiger partial charge in [0.25, 0.3) is 0 Å². The Kier molecular flexibility index (Phi) is 4.28. The molecule has 0 N–H and O–H groups in total. The van der Waals surface area contributed by atoms with Gasteiger partial charge in [-0.2, -0.15) is 0 Å². The van der Waals surface area contributed by atoms with Crippen LogP contribution in [0.5, 0.6) is 5.75 Å². The predicted octanol–water partition coefficient (Wildman–Crippen LogP) is 4.28. The molecule has 2 rings (SSSR count). The summed E-state index contributed by atoms with van der Waals surface area (Å²) in [4.78, 5) is 0. The summed E-state index contributed by atoms with van der Waals surface area (Å²) in [6.07, 6.45) is 2.20. The highest BCUT2D eigenvalue weighted by atomic mass is 19.4. The van der Waals surface area contributed by atoms with Crippen molar-refractivity contribution in [1.82, 2.24) is 0 Å². The van der Waals surface area contributed by atoms with Crippen molar-refractivity contribution in [3.63, 3.8) is 0 Å². The van der Waals surface area contributed by atoms with Gasteiger partial charge < -0.3 is 4.74 Å². The number of terminal acetylenes is 1. The molecule has 1 nitrogen and oxygen atoms in total. The number of benzene rings is 1. The van der Waals surface area contributed by atoms with E-state index in [9.17, 15) is 13.2 Å². The molecule has 18 heavy (non-hydrogen) atoms. The summed E-state index contributed by atoms with van der Waals surface area (Å²) < 4.78 is 39.4. The summed E-state index contributed by atoms with van der Waals surface area (Å²) in [6.45, 7) is 3.76. The molecule has 0 heterocycles. The third-order valence-electron chi connectivity index (χ3n) is 2.78. The second kappa shape index (κ2) is 5.34. The fourth-order valence-electron chi connectivity index (χ4n) is 1.54. The number of rotatable bonds is 2. The van der Waals surface area contributed by atoms with Gasteiger partial charge in [-0.1, -0.05) is 19.1 Å².